The van der Waals surface area contributed by atoms with E-state index in [4.69, 9.17) is 14.2 Å². The molecule has 1 fully saturated rings. The summed E-state index contributed by atoms with van der Waals surface area (Å²) in [6.07, 6.45) is -4.44. The normalized spacial score (nSPS) is 18.1. The number of piperidine rings is 1. The number of ether oxygens (including phenoxy) is 3. The van der Waals surface area contributed by atoms with Crippen LogP contribution in [-0.2, 0) is 19.1 Å². The van der Waals surface area contributed by atoms with Crippen molar-refractivity contribution in [2.45, 2.75) is 25.1 Å². The van der Waals surface area contributed by atoms with Crippen molar-refractivity contribution < 1.29 is 41.8 Å². The van der Waals surface area contributed by atoms with Gasteiger partial charge in [-0.2, -0.15) is 13.2 Å². The van der Waals surface area contributed by atoms with Crippen molar-refractivity contribution in [3.8, 4) is 11.5 Å². The second-order valence-corrected chi connectivity index (χ2v) is 7.79. The smallest absolute Gasteiger partial charge is 0.405 e. The molecule has 1 N–H and O–H groups in total. The van der Waals surface area contributed by atoms with Crippen LogP contribution in [0, 0.1) is 5.92 Å². The quantitative estimate of drug-likeness (QED) is 0.566. The number of para-hydroxylation sites is 1. The number of halogens is 3. The monoisotopic (exact) mass is 494 g/mol. The average Bonchev–Trinajstić information content (AvgIpc) is 2.85. The van der Waals surface area contributed by atoms with Crippen molar-refractivity contribution in [2.75, 3.05) is 32.3 Å². The molecule has 1 aliphatic heterocycles. The van der Waals surface area contributed by atoms with Crippen molar-refractivity contribution in [2.24, 2.45) is 5.92 Å². The van der Waals surface area contributed by atoms with Crippen molar-refractivity contribution in [3.63, 3.8) is 0 Å². The van der Waals surface area contributed by atoms with Gasteiger partial charge in [0.25, 0.3) is 5.91 Å². The maximum Gasteiger partial charge on any atom is 0.405 e. The van der Waals surface area contributed by atoms with Crippen LogP contribution >= 0.6 is 0 Å². The number of hydrogen-bond donors (Lipinski definition) is 1. The Kier molecular flexibility index (Phi) is 8.21. The summed E-state index contributed by atoms with van der Waals surface area (Å²) in [6.45, 7) is -2.41. The molecule has 0 bridgehead atoms. The number of esters is 1. The Morgan fingerprint density at radius 1 is 1.06 bits per heavy atom. The second kappa shape index (κ2) is 11.1. The lowest BCUT2D eigenvalue weighted by molar-refractivity contribution is -0.156. The lowest BCUT2D eigenvalue weighted by atomic mass is 9.83. The fourth-order valence-corrected chi connectivity index (χ4v) is 3.95. The van der Waals surface area contributed by atoms with Crippen molar-refractivity contribution in [3.05, 3.63) is 54.1 Å². The third kappa shape index (κ3) is 6.43. The third-order valence-corrected chi connectivity index (χ3v) is 5.54. The van der Waals surface area contributed by atoms with Gasteiger partial charge in [0.2, 0.25) is 5.91 Å². The summed E-state index contributed by atoms with van der Waals surface area (Å²) in [7, 11) is 2.97. The van der Waals surface area contributed by atoms with Crippen LogP contribution in [0.5, 0.6) is 11.5 Å². The van der Waals surface area contributed by atoms with Crippen LogP contribution in [0.4, 0.5) is 18.9 Å². The number of anilines is 1. The largest absolute Gasteiger partial charge is 0.497 e. The van der Waals surface area contributed by atoms with E-state index >= 15 is 0 Å². The van der Waals surface area contributed by atoms with E-state index in [1.807, 2.05) is 0 Å². The van der Waals surface area contributed by atoms with Crippen molar-refractivity contribution in [1.82, 2.24) is 5.32 Å². The molecule has 2 atom stereocenters. The number of rotatable bonds is 8. The first-order valence-corrected chi connectivity index (χ1v) is 10.7. The lowest BCUT2D eigenvalue weighted by Gasteiger charge is -2.40. The molecular formula is C24H25F3N2O6. The van der Waals surface area contributed by atoms with E-state index in [2.05, 4.69) is 0 Å². The Labute approximate surface area is 199 Å². The minimum absolute atomic E-state index is 0.0255. The maximum absolute atomic E-state index is 13.1. The molecule has 188 valence electrons. The van der Waals surface area contributed by atoms with Crippen LogP contribution in [0.3, 0.4) is 0 Å². The van der Waals surface area contributed by atoms with E-state index in [1.165, 1.54) is 19.1 Å². The predicted molar refractivity (Wildman–Crippen MR) is 119 cm³/mol. The number of nitrogens with one attached hydrogen (secondary N) is 1. The summed E-state index contributed by atoms with van der Waals surface area (Å²) in [5.41, 5.74) is 1.05. The first-order valence-electron chi connectivity index (χ1n) is 10.7. The van der Waals surface area contributed by atoms with Gasteiger partial charge in [-0.3, -0.25) is 14.4 Å². The summed E-state index contributed by atoms with van der Waals surface area (Å²) in [6, 6.07) is 12.7. The van der Waals surface area contributed by atoms with Gasteiger partial charge in [0.05, 0.1) is 26.2 Å². The van der Waals surface area contributed by atoms with E-state index in [0.29, 0.717) is 22.7 Å². The highest BCUT2D eigenvalue weighted by atomic mass is 19.4. The minimum atomic E-state index is -4.59. The zero-order valence-electron chi connectivity index (χ0n) is 19.1. The number of amides is 2. The van der Waals surface area contributed by atoms with Gasteiger partial charge in [-0.15, -0.1) is 0 Å². The summed E-state index contributed by atoms with van der Waals surface area (Å²) in [5.74, 6) is -2.02. The van der Waals surface area contributed by atoms with Crippen LogP contribution in [-0.4, -0.2) is 51.3 Å². The van der Waals surface area contributed by atoms with Crippen LogP contribution in [0.1, 0.15) is 24.4 Å². The van der Waals surface area contributed by atoms with E-state index < -0.39 is 43.2 Å². The Balaban J connectivity index is 1.91. The zero-order valence-corrected chi connectivity index (χ0v) is 19.1. The Morgan fingerprint density at radius 3 is 2.37 bits per heavy atom. The maximum atomic E-state index is 13.1. The molecule has 1 aliphatic rings. The molecule has 8 nitrogen and oxygen atoms in total. The molecule has 2 unspecified atom stereocenters. The summed E-state index contributed by atoms with van der Waals surface area (Å²) in [4.78, 5) is 39.3. The van der Waals surface area contributed by atoms with Crippen molar-refractivity contribution >= 4 is 23.5 Å². The van der Waals surface area contributed by atoms with Gasteiger partial charge in [-0.05, 0) is 36.8 Å². The minimum Gasteiger partial charge on any atom is -0.497 e. The first kappa shape index (κ1) is 25.9. The average molecular weight is 494 g/mol. The first-order chi connectivity index (χ1) is 16.6. The third-order valence-electron chi connectivity index (χ3n) is 5.54. The molecule has 11 heteroatoms. The van der Waals surface area contributed by atoms with Crippen LogP contribution in [0.2, 0.25) is 0 Å². The SMILES string of the molecule is COc1ccc(N2C(=O)CCC(C(=O)OCC(=O)NCC(F)(F)F)C2c2ccccc2OC)cc1. The summed E-state index contributed by atoms with van der Waals surface area (Å²) < 4.78 is 52.7. The number of benzene rings is 2. The van der Waals surface area contributed by atoms with Gasteiger partial charge in [0.15, 0.2) is 6.61 Å². The second-order valence-electron chi connectivity index (χ2n) is 7.79. The molecule has 2 amide bonds. The highest BCUT2D eigenvalue weighted by molar-refractivity contribution is 5.97. The summed E-state index contributed by atoms with van der Waals surface area (Å²) in [5, 5.41) is 1.66. The van der Waals surface area contributed by atoms with Crippen LogP contribution in [0.25, 0.3) is 0 Å². The van der Waals surface area contributed by atoms with Gasteiger partial charge in [-0.25, -0.2) is 0 Å². The number of hydrogen-bond acceptors (Lipinski definition) is 6. The number of carbonyl (C=O) groups excluding carboxylic acids is 3. The van der Waals surface area contributed by atoms with Crippen LogP contribution in [0.15, 0.2) is 48.5 Å². The lowest BCUT2D eigenvalue weighted by Crippen LogP contribution is -2.46. The Morgan fingerprint density at radius 2 is 1.74 bits per heavy atom. The molecule has 1 saturated heterocycles. The van der Waals surface area contributed by atoms with Crippen molar-refractivity contribution in [1.29, 1.82) is 0 Å². The molecule has 0 aromatic heterocycles. The number of carbonyl (C=O) groups is 3. The number of methoxy groups -OCH3 is 2. The van der Waals surface area contributed by atoms with Gasteiger partial charge in [0.1, 0.15) is 18.0 Å². The van der Waals surface area contributed by atoms with E-state index in [-0.39, 0.29) is 18.7 Å². The molecule has 35 heavy (non-hydrogen) atoms. The molecule has 0 radical (unpaired) electrons. The predicted octanol–water partition coefficient (Wildman–Crippen LogP) is 3.41. The number of alkyl halides is 3. The van der Waals surface area contributed by atoms with E-state index in [0.717, 1.165) is 0 Å². The van der Waals surface area contributed by atoms with Crippen LogP contribution < -0.4 is 19.7 Å². The van der Waals surface area contributed by atoms with Gasteiger partial charge < -0.3 is 24.4 Å². The Bertz CT molecular complexity index is 1060. The molecule has 3 rings (SSSR count). The standard InChI is InChI=1S/C24H25F3N2O6/c1-33-16-9-7-15(8-10-16)29-21(31)12-11-18(22(29)17-5-3-4-6-19(17)34-2)23(32)35-13-20(30)28-14-24(25,26)27/h3-10,18,22H,11-14H2,1-2H3,(H,28,30). The highest BCUT2D eigenvalue weighted by Crippen LogP contribution is 2.43. The van der Waals surface area contributed by atoms with Gasteiger partial charge >= 0.3 is 12.1 Å². The molecule has 0 spiro atoms. The van der Waals surface area contributed by atoms with Gasteiger partial charge in [-0.1, -0.05) is 18.2 Å². The van der Waals surface area contributed by atoms with Gasteiger partial charge in [0, 0.05) is 17.7 Å². The molecule has 0 aliphatic carbocycles. The van der Waals surface area contributed by atoms with E-state index in [9.17, 15) is 27.6 Å². The fourth-order valence-electron chi connectivity index (χ4n) is 3.95. The van der Waals surface area contributed by atoms with E-state index in [1.54, 1.807) is 53.8 Å². The molecular weight excluding hydrogens is 469 g/mol. The fraction of sp³-hybridized carbons (Fsp3) is 0.375. The zero-order chi connectivity index (χ0) is 25.6. The molecule has 1 heterocycles. The molecule has 0 saturated carbocycles. The number of nitrogens with zero attached hydrogens (tertiary/aromatic N) is 1. The highest BCUT2D eigenvalue weighted by Gasteiger charge is 2.43. The summed E-state index contributed by atoms with van der Waals surface area (Å²) >= 11 is 0. The Hall–Kier alpha value is -3.76. The molecule has 2 aromatic rings. The topological polar surface area (TPSA) is 94.2 Å². The molecule has 2 aromatic carbocycles.